The Morgan fingerprint density at radius 2 is 1.75 bits per heavy atom. The van der Waals surface area contributed by atoms with Gasteiger partial charge in [0.15, 0.2) is 5.82 Å². The zero-order chi connectivity index (χ0) is 19.3. The van der Waals surface area contributed by atoms with Gasteiger partial charge in [0, 0.05) is 29.1 Å². The first kappa shape index (κ1) is 17.7. The molecule has 4 rings (SSSR count). The average Bonchev–Trinajstić information content (AvgIpc) is 3.37. The van der Waals surface area contributed by atoms with Gasteiger partial charge in [-0.1, -0.05) is 30.3 Å². The summed E-state index contributed by atoms with van der Waals surface area (Å²) >= 11 is 0. The summed E-state index contributed by atoms with van der Waals surface area (Å²) in [6.45, 7) is 1.86. The summed E-state index contributed by atoms with van der Waals surface area (Å²) in [6.07, 6.45) is 1.07. The van der Waals surface area contributed by atoms with E-state index in [1.807, 2.05) is 61.5 Å². The lowest BCUT2D eigenvalue weighted by atomic mass is 10.2. The minimum atomic E-state index is -0.0163. The second-order valence-corrected chi connectivity index (χ2v) is 6.63. The fourth-order valence-corrected chi connectivity index (χ4v) is 3.02. The number of rotatable bonds is 6. The van der Waals surface area contributed by atoms with E-state index in [4.69, 9.17) is 0 Å². The Morgan fingerprint density at radius 3 is 2.46 bits per heavy atom. The molecule has 0 aliphatic carbocycles. The SMILES string of the molecule is Cc1nc(-c2ccc(NC(=O)CCc3ccc(-c4ccccc4)[nH]3)cc2)n[nH]1. The molecule has 0 spiro atoms. The maximum atomic E-state index is 12.3. The Kier molecular flexibility index (Phi) is 5.01. The van der Waals surface area contributed by atoms with E-state index in [-0.39, 0.29) is 5.91 Å². The first-order valence-corrected chi connectivity index (χ1v) is 9.20. The van der Waals surface area contributed by atoms with Crippen molar-refractivity contribution in [2.24, 2.45) is 0 Å². The standard InChI is InChI=1S/C22H21N5O/c1-15-23-22(27-26-15)17-7-9-19(10-8-17)25-21(28)14-12-18-11-13-20(24-18)16-5-3-2-4-6-16/h2-11,13,24H,12,14H2,1H3,(H,25,28)(H,23,26,27). The molecule has 0 unspecified atom stereocenters. The predicted molar refractivity (Wildman–Crippen MR) is 110 cm³/mol. The van der Waals surface area contributed by atoms with Crippen molar-refractivity contribution in [1.29, 1.82) is 0 Å². The number of hydrogen-bond acceptors (Lipinski definition) is 3. The summed E-state index contributed by atoms with van der Waals surface area (Å²) in [5.74, 6) is 1.40. The first-order chi connectivity index (χ1) is 13.7. The maximum Gasteiger partial charge on any atom is 0.224 e. The van der Waals surface area contributed by atoms with E-state index in [2.05, 4.69) is 37.6 Å². The second kappa shape index (κ2) is 7.92. The van der Waals surface area contributed by atoms with Crippen molar-refractivity contribution in [1.82, 2.24) is 20.2 Å². The number of aryl methyl sites for hydroxylation is 2. The molecule has 3 N–H and O–H groups in total. The molecule has 2 aromatic heterocycles. The predicted octanol–water partition coefficient (Wildman–Crippen LogP) is 4.35. The van der Waals surface area contributed by atoms with Gasteiger partial charge in [-0.15, -0.1) is 0 Å². The lowest BCUT2D eigenvalue weighted by Crippen LogP contribution is -2.12. The summed E-state index contributed by atoms with van der Waals surface area (Å²) in [7, 11) is 0. The number of nitrogens with zero attached hydrogens (tertiary/aromatic N) is 2. The number of H-pyrrole nitrogens is 2. The molecule has 6 heteroatoms. The molecule has 0 atom stereocenters. The van der Waals surface area contributed by atoms with Crippen molar-refractivity contribution in [2.75, 3.05) is 5.32 Å². The number of anilines is 1. The lowest BCUT2D eigenvalue weighted by molar-refractivity contribution is -0.116. The van der Waals surface area contributed by atoms with E-state index in [0.29, 0.717) is 18.7 Å². The quantitative estimate of drug-likeness (QED) is 0.471. The number of hydrogen-bond donors (Lipinski definition) is 3. The van der Waals surface area contributed by atoms with Crippen LogP contribution in [-0.4, -0.2) is 26.1 Å². The topological polar surface area (TPSA) is 86.5 Å². The number of aromatic amines is 2. The van der Waals surface area contributed by atoms with Crippen LogP contribution in [0.2, 0.25) is 0 Å². The van der Waals surface area contributed by atoms with Gasteiger partial charge >= 0.3 is 0 Å². The lowest BCUT2D eigenvalue weighted by Gasteiger charge is -2.05. The van der Waals surface area contributed by atoms with Crippen LogP contribution in [0.3, 0.4) is 0 Å². The zero-order valence-corrected chi connectivity index (χ0v) is 15.6. The molecular weight excluding hydrogens is 350 g/mol. The molecular formula is C22H21N5O. The number of nitrogens with one attached hydrogen (secondary N) is 3. The second-order valence-electron chi connectivity index (χ2n) is 6.63. The Labute approximate surface area is 163 Å². The largest absolute Gasteiger partial charge is 0.358 e. The van der Waals surface area contributed by atoms with Crippen LogP contribution in [0.5, 0.6) is 0 Å². The Hall–Kier alpha value is -3.67. The molecule has 4 aromatic rings. The van der Waals surface area contributed by atoms with Crippen LogP contribution in [-0.2, 0) is 11.2 Å². The molecule has 2 heterocycles. The van der Waals surface area contributed by atoms with Crippen molar-refractivity contribution in [3.8, 4) is 22.6 Å². The Morgan fingerprint density at radius 1 is 0.964 bits per heavy atom. The molecule has 0 aliphatic heterocycles. The van der Waals surface area contributed by atoms with Crippen LogP contribution in [0, 0.1) is 6.92 Å². The van der Waals surface area contributed by atoms with Crippen LogP contribution in [0.1, 0.15) is 17.9 Å². The summed E-state index contributed by atoms with van der Waals surface area (Å²) < 4.78 is 0. The minimum absolute atomic E-state index is 0.0163. The van der Waals surface area contributed by atoms with Crippen molar-refractivity contribution in [3.05, 3.63) is 78.2 Å². The summed E-state index contributed by atoms with van der Waals surface area (Å²) in [6, 6.07) is 21.7. The monoisotopic (exact) mass is 371 g/mol. The Bertz CT molecular complexity index is 1060. The van der Waals surface area contributed by atoms with E-state index in [9.17, 15) is 4.79 Å². The number of aromatic nitrogens is 4. The fraction of sp³-hybridized carbons (Fsp3) is 0.136. The normalized spacial score (nSPS) is 10.8. The molecule has 1 amide bonds. The van der Waals surface area contributed by atoms with E-state index in [1.54, 1.807) is 0 Å². The van der Waals surface area contributed by atoms with Gasteiger partial charge < -0.3 is 10.3 Å². The van der Waals surface area contributed by atoms with E-state index in [0.717, 1.165) is 34.0 Å². The molecule has 140 valence electrons. The third-order valence-corrected chi connectivity index (χ3v) is 4.48. The van der Waals surface area contributed by atoms with E-state index >= 15 is 0 Å². The van der Waals surface area contributed by atoms with Crippen molar-refractivity contribution in [3.63, 3.8) is 0 Å². The van der Waals surface area contributed by atoms with E-state index < -0.39 is 0 Å². The Balaban J connectivity index is 1.32. The maximum absolute atomic E-state index is 12.3. The van der Waals surface area contributed by atoms with Gasteiger partial charge in [-0.05, 0) is 55.3 Å². The van der Waals surface area contributed by atoms with Gasteiger partial charge in [0.05, 0.1) is 0 Å². The summed E-state index contributed by atoms with van der Waals surface area (Å²) in [5.41, 5.74) is 4.91. The van der Waals surface area contributed by atoms with Gasteiger partial charge in [-0.3, -0.25) is 9.89 Å². The van der Waals surface area contributed by atoms with Gasteiger partial charge in [-0.2, -0.15) is 5.10 Å². The van der Waals surface area contributed by atoms with Gasteiger partial charge in [-0.25, -0.2) is 4.98 Å². The van der Waals surface area contributed by atoms with Gasteiger partial charge in [0.1, 0.15) is 5.82 Å². The van der Waals surface area contributed by atoms with Crippen LogP contribution >= 0.6 is 0 Å². The van der Waals surface area contributed by atoms with Crippen molar-refractivity contribution in [2.45, 2.75) is 19.8 Å². The third kappa shape index (κ3) is 4.17. The first-order valence-electron chi connectivity index (χ1n) is 9.20. The highest BCUT2D eigenvalue weighted by molar-refractivity contribution is 5.91. The molecule has 0 bridgehead atoms. The van der Waals surface area contributed by atoms with Crippen LogP contribution < -0.4 is 5.32 Å². The third-order valence-electron chi connectivity index (χ3n) is 4.48. The molecule has 0 fully saturated rings. The fourth-order valence-electron chi connectivity index (χ4n) is 3.02. The average molecular weight is 371 g/mol. The molecule has 28 heavy (non-hydrogen) atoms. The van der Waals surface area contributed by atoms with Gasteiger partial charge in [0.2, 0.25) is 5.91 Å². The highest BCUT2D eigenvalue weighted by Gasteiger charge is 2.07. The molecule has 0 saturated carbocycles. The van der Waals surface area contributed by atoms with Crippen molar-refractivity contribution < 1.29 is 4.79 Å². The number of amides is 1. The molecule has 0 radical (unpaired) electrons. The van der Waals surface area contributed by atoms with E-state index in [1.165, 1.54) is 0 Å². The molecule has 6 nitrogen and oxygen atoms in total. The highest BCUT2D eigenvalue weighted by Crippen LogP contribution is 2.20. The van der Waals surface area contributed by atoms with Crippen LogP contribution in [0.4, 0.5) is 5.69 Å². The molecule has 0 saturated heterocycles. The summed E-state index contributed by atoms with van der Waals surface area (Å²) in [5, 5.41) is 9.89. The number of benzene rings is 2. The van der Waals surface area contributed by atoms with Crippen LogP contribution in [0.15, 0.2) is 66.7 Å². The smallest absolute Gasteiger partial charge is 0.224 e. The minimum Gasteiger partial charge on any atom is -0.358 e. The summed E-state index contributed by atoms with van der Waals surface area (Å²) in [4.78, 5) is 19.9. The zero-order valence-electron chi connectivity index (χ0n) is 15.6. The van der Waals surface area contributed by atoms with Crippen molar-refractivity contribution >= 4 is 11.6 Å². The van der Waals surface area contributed by atoms with Crippen LogP contribution in [0.25, 0.3) is 22.6 Å². The number of carbonyl (C=O) groups is 1. The van der Waals surface area contributed by atoms with Gasteiger partial charge in [0.25, 0.3) is 0 Å². The highest BCUT2D eigenvalue weighted by atomic mass is 16.1. The number of carbonyl (C=O) groups excluding carboxylic acids is 1. The molecule has 2 aromatic carbocycles. The molecule has 0 aliphatic rings.